The molecular formula is C10H13NO4. The molecular weight excluding hydrogens is 198 g/mol. The molecule has 5 heteroatoms. The number of nitrogens with zero attached hydrogens (tertiary/aromatic N) is 1. The average molecular weight is 211 g/mol. The predicted molar refractivity (Wildman–Crippen MR) is 55.2 cm³/mol. The number of nitro benzene ring substituents is 1. The number of phenolic OH excluding ortho intramolecular Hbond substituents is 1. The molecule has 0 aliphatic rings. The van der Waals surface area contributed by atoms with Gasteiger partial charge in [0.1, 0.15) is 5.75 Å². The summed E-state index contributed by atoms with van der Waals surface area (Å²) in [6, 6.07) is 4.00. The van der Waals surface area contributed by atoms with Gasteiger partial charge in [-0.25, -0.2) is 0 Å². The zero-order valence-corrected chi connectivity index (χ0v) is 8.47. The Hall–Kier alpha value is -1.78. The Morgan fingerprint density at radius 2 is 2.27 bits per heavy atom. The van der Waals surface area contributed by atoms with Crippen molar-refractivity contribution in [3.63, 3.8) is 0 Å². The zero-order chi connectivity index (χ0) is 11.3. The highest BCUT2D eigenvalue weighted by molar-refractivity contribution is 5.49. The normalized spacial score (nSPS) is 9.93. The first-order valence-corrected chi connectivity index (χ1v) is 4.75. The summed E-state index contributed by atoms with van der Waals surface area (Å²) in [4.78, 5) is 9.86. The van der Waals surface area contributed by atoms with Crippen LogP contribution < -0.4 is 4.74 Å². The van der Waals surface area contributed by atoms with Gasteiger partial charge in [-0.15, -0.1) is 0 Å². The van der Waals surface area contributed by atoms with Gasteiger partial charge < -0.3 is 9.84 Å². The Kier molecular flexibility index (Phi) is 3.91. The van der Waals surface area contributed by atoms with E-state index in [9.17, 15) is 15.2 Å². The van der Waals surface area contributed by atoms with Crippen molar-refractivity contribution in [3.8, 4) is 11.5 Å². The van der Waals surface area contributed by atoms with Crippen LogP contribution in [0, 0.1) is 10.1 Å². The van der Waals surface area contributed by atoms with Crippen molar-refractivity contribution in [2.75, 3.05) is 6.61 Å². The van der Waals surface area contributed by atoms with Crippen molar-refractivity contribution < 1.29 is 14.8 Å². The second kappa shape index (κ2) is 5.19. The molecule has 0 unspecified atom stereocenters. The Bertz CT molecular complexity index is 351. The summed E-state index contributed by atoms with van der Waals surface area (Å²) < 4.78 is 5.28. The molecule has 5 nitrogen and oxygen atoms in total. The van der Waals surface area contributed by atoms with Gasteiger partial charge in [0.25, 0.3) is 0 Å². The van der Waals surface area contributed by atoms with Crippen molar-refractivity contribution in [1.82, 2.24) is 0 Å². The van der Waals surface area contributed by atoms with Crippen molar-refractivity contribution in [3.05, 3.63) is 28.3 Å². The van der Waals surface area contributed by atoms with Crippen LogP contribution in [0.3, 0.4) is 0 Å². The minimum Gasteiger partial charge on any atom is -0.502 e. The number of unbranched alkanes of at least 4 members (excludes halogenated alkanes) is 1. The zero-order valence-electron chi connectivity index (χ0n) is 8.47. The minimum atomic E-state index is -0.637. The van der Waals surface area contributed by atoms with E-state index in [1.54, 1.807) is 0 Å². The minimum absolute atomic E-state index is 0.330. The Morgan fingerprint density at radius 1 is 1.53 bits per heavy atom. The summed E-state index contributed by atoms with van der Waals surface area (Å²) in [6.45, 7) is 2.56. The van der Waals surface area contributed by atoms with E-state index in [2.05, 4.69) is 0 Å². The standard InChI is InChI=1S/C10H13NO4/c1-2-3-6-15-8-4-5-10(12)9(7-8)11(13)14/h4-5,7,12H,2-3,6H2,1H3. The van der Waals surface area contributed by atoms with Crippen LogP contribution in [0.25, 0.3) is 0 Å². The summed E-state index contributed by atoms with van der Waals surface area (Å²) in [5.74, 6) is 0.0655. The van der Waals surface area contributed by atoms with Crippen molar-refractivity contribution in [2.45, 2.75) is 19.8 Å². The SMILES string of the molecule is CCCCOc1ccc(O)c([N+](=O)[O-])c1. The van der Waals surface area contributed by atoms with Crippen molar-refractivity contribution >= 4 is 5.69 Å². The van der Waals surface area contributed by atoms with Gasteiger partial charge in [0.05, 0.1) is 17.6 Å². The number of rotatable bonds is 5. The molecule has 0 aliphatic carbocycles. The largest absolute Gasteiger partial charge is 0.502 e. The fraction of sp³-hybridized carbons (Fsp3) is 0.400. The number of aromatic hydroxyl groups is 1. The van der Waals surface area contributed by atoms with E-state index in [1.165, 1.54) is 18.2 Å². The molecule has 0 bridgehead atoms. The summed E-state index contributed by atoms with van der Waals surface area (Å²) in [5, 5.41) is 19.7. The van der Waals surface area contributed by atoms with E-state index in [0.717, 1.165) is 12.8 Å². The van der Waals surface area contributed by atoms with Gasteiger partial charge in [0, 0.05) is 0 Å². The van der Waals surface area contributed by atoms with Crippen LogP contribution in [-0.2, 0) is 0 Å². The third-order valence-electron chi connectivity index (χ3n) is 1.91. The number of ether oxygens (including phenoxy) is 1. The van der Waals surface area contributed by atoms with E-state index in [-0.39, 0.29) is 11.4 Å². The summed E-state index contributed by atoms with van der Waals surface area (Å²) in [7, 11) is 0. The molecule has 82 valence electrons. The molecule has 1 aromatic rings. The molecule has 0 aromatic heterocycles. The molecule has 0 atom stereocenters. The number of nitro groups is 1. The van der Waals surface area contributed by atoms with Gasteiger partial charge in [-0.3, -0.25) is 10.1 Å². The summed E-state index contributed by atoms with van der Waals surface area (Å²) in [6.07, 6.45) is 1.90. The molecule has 0 spiro atoms. The topological polar surface area (TPSA) is 72.6 Å². The quantitative estimate of drug-likeness (QED) is 0.461. The van der Waals surface area contributed by atoms with Gasteiger partial charge in [-0.2, -0.15) is 0 Å². The number of phenols is 1. The second-order valence-corrected chi connectivity index (χ2v) is 3.11. The van der Waals surface area contributed by atoms with Crippen LogP contribution in [0.5, 0.6) is 11.5 Å². The smallest absolute Gasteiger partial charge is 0.314 e. The molecule has 0 saturated carbocycles. The van der Waals surface area contributed by atoms with Gasteiger partial charge in [0.2, 0.25) is 0 Å². The lowest BCUT2D eigenvalue weighted by Gasteiger charge is -2.05. The third kappa shape index (κ3) is 3.12. The van der Waals surface area contributed by atoms with E-state index >= 15 is 0 Å². The molecule has 0 amide bonds. The first-order valence-electron chi connectivity index (χ1n) is 4.75. The fourth-order valence-corrected chi connectivity index (χ4v) is 1.07. The lowest BCUT2D eigenvalue weighted by Crippen LogP contribution is -1.97. The summed E-state index contributed by atoms with van der Waals surface area (Å²) >= 11 is 0. The lowest BCUT2D eigenvalue weighted by molar-refractivity contribution is -0.385. The molecule has 0 heterocycles. The maximum absolute atomic E-state index is 10.5. The first-order chi connectivity index (χ1) is 7.15. The lowest BCUT2D eigenvalue weighted by atomic mass is 10.3. The van der Waals surface area contributed by atoms with Gasteiger partial charge in [-0.1, -0.05) is 13.3 Å². The van der Waals surface area contributed by atoms with E-state index in [0.29, 0.717) is 12.4 Å². The predicted octanol–water partition coefficient (Wildman–Crippen LogP) is 2.48. The number of benzene rings is 1. The first kappa shape index (κ1) is 11.3. The molecule has 1 aromatic carbocycles. The van der Waals surface area contributed by atoms with E-state index in [1.807, 2.05) is 6.92 Å². The second-order valence-electron chi connectivity index (χ2n) is 3.11. The van der Waals surface area contributed by atoms with Crippen LogP contribution in [0.4, 0.5) is 5.69 Å². The van der Waals surface area contributed by atoms with Crippen molar-refractivity contribution in [1.29, 1.82) is 0 Å². The van der Waals surface area contributed by atoms with E-state index in [4.69, 9.17) is 4.74 Å². The van der Waals surface area contributed by atoms with Crippen LogP contribution in [0.15, 0.2) is 18.2 Å². The van der Waals surface area contributed by atoms with Gasteiger partial charge in [0.15, 0.2) is 5.75 Å². The Morgan fingerprint density at radius 3 is 2.87 bits per heavy atom. The Balaban J connectivity index is 2.74. The highest BCUT2D eigenvalue weighted by atomic mass is 16.6. The monoisotopic (exact) mass is 211 g/mol. The maximum Gasteiger partial charge on any atom is 0.314 e. The van der Waals surface area contributed by atoms with Crippen molar-refractivity contribution in [2.24, 2.45) is 0 Å². The third-order valence-corrected chi connectivity index (χ3v) is 1.91. The van der Waals surface area contributed by atoms with Crippen LogP contribution in [0.1, 0.15) is 19.8 Å². The maximum atomic E-state index is 10.5. The molecule has 15 heavy (non-hydrogen) atoms. The fourth-order valence-electron chi connectivity index (χ4n) is 1.07. The number of hydrogen-bond acceptors (Lipinski definition) is 4. The highest BCUT2D eigenvalue weighted by Gasteiger charge is 2.13. The molecule has 1 rings (SSSR count). The van der Waals surface area contributed by atoms with Crippen LogP contribution in [-0.4, -0.2) is 16.6 Å². The average Bonchev–Trinajstić information content (AvgIpc) is 2.20. The van der Waals surface area contributed by atoms with Crippen LogP contribution >= 0.6 is 0 Å². The molecule has 1 N–H and O–H groups in total. The van der Waals surface area contributed by atoms with Crippen LogP contribution in [0.2, 0.25) is 0 Å². The van der Waals surface area contributed by atoms with E-state index < -0.39 is 4.92 Å². The summed E-state index contributed by atoms with van der Waals surface area (Å²) in [5.41, 5.74) is -0.330. The molecule has 0 fully saturated rings. The number of hydrogen-bond donors (Lipinski definition) is 1. The Labute approximate surface area is 87.5 Å². The molecule has 0 saturated heterocycles. The molecule has 0 aliphatic heterocycles. The van der Waals surface area contributed by atoms with Gasteiger partial charge >= 0.3 is 5.69 Å². The van der Waals surface area contributed by atoms with Gasteiger partial charge in [-0.05, 0) is 18.6 Å². The molecule has 0 radical (unpaired) electrons. The highest BCUT2D eigenvalue weighted by Crippen LogP contribution is 2.29.